The molecule has 1 N–H and O–H groups in total. The lowest BCUT2D eigenvalue weighted by Gasteiger charge is -2.20. The molecule has 0 unspecified atom stereocenters. The minimum atomic E-state index is -4.62. The number of pyridine rings is 1. The summed E-state index contributed by atoms with van der Waals surface area (Å²) >= 11 is 5.94. The second kappa shape index (κ2) is 12.4. The van der Waals surface area contributed by atoms with Crippen molar-refractivity contribution in [1.82, 2.24) is 4.98 Å². The number of hydrogen-bond donors (Lipinski definition) is 1. The Morgan fingerprint density at radius 2 is 1.85 bits per heavy atom. The summed E-state index contributed by atoms with van der Waals surface area (Å²) in [7, 11) is 0. The Morgan fingerprint density at radius 3 is 2.39 bits per heavy atom. The van der Waals surface area contributed by atoms with Gasteiger partial charge in [-0.15, -0.1) is 0 Å². The lowest BCUT2D eigenvalue weighted by atomic mass is 10.1. The first-order valence-corrected chi connectivity index (χ1v) is 10.3. The van der Waals surface area contributed by atoms with Crippen LogP contribution >= 0.6 is 11.6 Å². The van der Waals surface area contributed by atoms with Gasteiger partial charge in [0.05, 0.1) is 18.8 Å². The molecule has 1 heterocycles. The van der Waals surface area contributed by atoms with Crippen molar-refractivity contribution < 1.29 is 42.0 Å². The topological polar surface area (TPSA) is 87.1 Å². The molecule has 0 bridgehead atoms. The maximum atomic E-state index is 12.9. The number of halogens is 4. The van der Waals surface area contributed by atoms with Crippen LogP contribution in [0.2, 0.25) is 5.02 Å². The molecule has 0 fully saturated rings. The van der Waals surface area contributed by atoms with Gasteiger partial charge in [-0.1, -0.05) is 11.6 Å². The van der Waals surface area contributed by atoms with Crippen LogP contribution in [-0.4, -0.2) is 48.6 Å². The molecular weight excluding hydrogens is 467 g/mol. The molecule has 0 atom stereocenters. The van der Waals surface area contributed by atoms with E-state index >= 15 is 0 Å². The number of ether oxygens (including phenoxy) is 4. The van der Waals surface area contributed by atoms with Gasteiger partial charge in [-0.2, -0.15) is 13.2 Å². The second-order valence-corrected chi connectivity index (χ2v) is 6.95. The van der Waals surface area contributed by atoms with E-state index in [0.29, 0.717) is 36.8 Å². The number of alkyl halides is 3. The van der Waals surface area contributed by atoms with Gasteiger partial charge in [0.2, 0.25) is 5.88 Å². The molecular formula is C22H23ClF3NO6. The molecule has 0 aliphatic heterocycles. The summed E-state index contributed by atoms with van der Waals surface area (Å²) in [5.41, 5.74) is -0.716. The zero-order valence-electron chi connectivity index (χ0n) is 17.9. The Bertz CT molecular complexity index is 960. The van der Waals surface area contributed by atoms with Crippen LogP contribution in [0.15, 0.2) is 36.5 Å². The summed E-state index contributed by atoms with van der Waals surface area (Å²) in [6.45, 7) is 5.18. The Hall–Kier alpha value is -2.82. The Kier molecular flexibility index (Phi) is 9.95. The van der Waals surface area contributed by atoms with Gasteiger partial charge in [-0.3, -0.25) is 0 Å². The summed E-state index contributed by atoms with van der Waals surface area (Å²) in [6, 6.07) is 5.25. The van der Waals surface area contributed by atoms with Gasteiger partial charge in [-0.25, -0.2) is 9.78 Å². The van der Waals surface area contributed by atoms with Crippen molar-refractivity contribution in [3.05, 3.63) is 52.7 Å². The molecule has 2 aromatic rings. The fourth-order valence-electron chi connectivity index (χ4n) is 2.54. The molecule has 0 saturated heterocycles. The van der Waals surface area contributed by atoms with Gasteiger partial charge >= 0.3 is 12.1 Å². The number of aromatic nitrogens is 1. The fraction of sp³-hybridized carbons (Fsp3) is 0.364. The summed E-state index contributed by atoms with van der Waals surface area (Å²) in [5, 5.41) is 8.56. The molecule has 33 heavy (non-hydrogen) atoms. The van der Waals surface area contributed by atoms with E-state index in [1.165, 1.54) is 18.2 Å². The zero-order valence-corrected chi connectivity index (χ0v) is 18.7. The van der Waals surface area contributed by atoms with Crippen molar-refractivity contribution >= 4 is 23.6 Å². The van der Waals surface area contributed by atoms with E-state index in [4.69, 9.17) is 35.7 Å². The lowest BCUT2D eigenvalue weighted by Crippen LogP contribution is -2.28. The molecule has 7 nitrogen and oxygen atoms in total. The highest BCUT2D eigenvalue weighted by molar-refractivity contribution is 6.31. The Labute approximate surface area is 193 Å². The number of carbonyl (C=O) groups is 1. The van der Waals surface area contributed by atoms with E-state index < -0.39 is 23.8 Å². The van der Waals surface area contributed by atoms with Gasteiger partial charge in [0.15, 0.2) is 0 Å². The highest BCUT2D eigenvalue weighted by atomic mass is 35.5. The largest absolute Gasteiger partial charge is 0.485 e. The monoisotopic (exact) mass is 489 g/mol. The first-order valence-electron chi connectivity index (χ1n) is 9.91. The van der Waals surface area contributed by atoms with Gasteiger partial charge in [0.1, 0.15) is 22.6 Å². The summed E-state index contributed by atoms with van der Waals surface area (Å²) in [5.74, 6) is -1.07. The minimum Gasteiger partial charge on any atom is -0.485 e. The van der Waals surface area contributed by atoms with Crippen LogP contribution < -0.4 is 9.47 Å². The predicted octanol–water partition coefficient (Wildman–Crippen LogP) is 5.46. The third-order valence-corrected chi connectivity index (χ3v) is 4.32. The number of rotatable bonds is 12. The minimum absolute atomic E-state index is 0.0747. The van der Waals surface area contributed by atoms with E-state index in [1.54, 1.807) is 6.07 Å². The van der Waals surface area contributed by atoms with Crippen molar-refractivity contribution in [2.45, 2.75) is 26.1 Å². The maximum absolute atomic E-state index is 12.9. The van der Waals surface area contributed by atoms with E-state index in [2.05, 4.69) is 4.98 Å². The molecule has 1 aromatic heterocycles. The van der Waals surface area contributed by atoms with E-state index in [-0.39, 0.29) is 29.9 Å². The van der Waals surface area contributed by atoms with Crippen molar-refractivity contribution in [3.63, 3.8) is 0 Å². The molecule has 0 saturated carbocycles. The molecule has 0 spiro atoms. The predicted molar refractivity (Wildman–Crippen MR) is 115 cm³/mol. The van der Waals surface area contributed by atoms with Crippen molar-refractivity contribution in [1.29, 1.82) is 0 Å². The third kappa shape index (κ3) is 8.56. The molecule has 0 radical (unpaired) electrons. The van der Waals surface area contributed by atoms with E-state index in [1.807, 2.05) is 13.8 Å². The summed E-state index contributed by atoms with van der Waals surface area (Å²) in [4.78, 5) is 14.6. The van der Waals surface area contributed by atoms with Crippen LogP contribution in [0.4, 0.5) is 13.2 Å². The first-order chi connectivity index (χ1) is 15.6. The molecule has 1 aromatic carbocycles. The summed E-state index contributed by atoms with van der Waals surface area (Å²) in [6.07, 6.45) is -2.32. The number of carboxylic acid groups (broad SMARTS) is 1. The standard InChI is InChI=1S/C22H23ClF3NO6/c1-3-30-12-17(13-31-4-2)32-16-7-5-14(6-8-20(28)29)19(10-16)33-21-18(23)9-15(11-27-21)22(24,25)26/h5-11,17H,3-4,12-13H2,1-2H3,(H,28,29). The van der Waals surface area contributed by atoms with Crippen LogP contribution in [0.25, 0.3) is 6.08 Å². The van der Waals surface area contributed by atoms with Gasteiger partial charge in [-0.05, 0) is 38.1 Å². The van der Waals surface area contributed by atoms with E-state index in [0.717, 1.165) is 6.08 Å². The lowest BCUT2D eigenvalue weighted by molar-refractivity contribution is -0.138. The Morgan fingerprint density at radius 1 is 1.18 bits per heavy atom. The van der Waals surface area contributed by atoms with Crippen LogP contribution in [-0.2, 0) is 20.4 Å². The van der Waals surface area contributed by atoms with Gasteiger partial charge in [0, 0.05) is 37.1 Å². The highest BCUT2D eigenvalue weighted by Gasteiger charge is 2.32. The summed E-state index contributed by atoms with van der Waals surface area (Å²) < 4.78 is 61.0. The normalized spacial score (nSPS) is 11.8. The number of carboxylic acids is 1. The molecule has 180 valence electrons. The van der Waals surface area contributed by atoms with Crippen molar-refractivity contribution in [3.8, 4) is 17.4 Å². The quantitative estimate of drug-likeness (QED) is 0.396. The molecule has 11 heteroatoms. The van der Waals surface area contributed by atoms with Crippen molar-refractivity contribution in [2.24, 2.45) is 0 Å². The number of hydrogen-bond acceptors (Lipinski definition) is 6. The third-order valence-electron chi connectivity index (χ3n) is 4.05. The zero-order chi connectivity index (χ0) is 24.4. The average Bonchev–Trinajstić information content (AvgIpc) is 2.75. The number of benzene rings is 1. The molecule has 0 amide bonds. The Balaban J connectivity index is 2.36. The molecule has 2 rings (SSSR count). The van der Waals surface area contributed by atoms with Crippen molar-refractivity contribution in [2.75, 3.05) is 26.4 Å². The van der Waals surface area contributed by atoms with Crippen LogP contribution in [0.3, 0.4) is 0 Å². The molecule has 0 aliphatic carbocycles. The van der Waals surface area contributed by atoms with Gasteiger partial charge < -0.3 is 24.1 Å². The average molecular weight is 490 g/mol. The first kappa shape index (κ1) is 26.4. The fourth-order valence-corrected chi connectivity index (χ4v) is 2.75. The second-order valence-electron chi connectivity index (χ2n) is 6.54. The van der Waals surface area contributed by atoms with Crippen LogP contribution in [0, 0.1) is 0 Å². The van der Waals surface area contributed by atoms with Gasteiger partial charge in [0.25, 0.3) is 0 Å². The maximum Gasteiger partial charge on any atom is 0.417 e. The number of nitrogens with zero attached hydrogens (tertiary/aromatic N) is 1. The highest BCUT2D eigenvalue weighted by Crippen LogP contribution is 2.36. The molecule has 0 aliphatic rings. The van der Waals surface area contributed by atoms with Crippen LogP contribution in [0.5, 0.6) is 17.4 Å². The van der Waals surface area contributed by atoms with E-state index in [9.17, 15) is 18.0 Å². The smallest absolute Gasteiger partial charge is 0.417 e. The number of aliphatic carboxylic acids is 1. The van der Waals surface area contributed by atoms with Crippen LogP contribution in [0.1, 0.15) is 25.0 Å². The SMILES string of the molecule is CCOCC(COCC)Oc1ccc(C=CC(=O)O)c(Oc2ncc(C(F)(F)F)cc2Cl)c1.